The average Bonchev–Trinajstić information content (AvgIpc) is 3.14. The van der Waals surface area contributed by atoms with Gasteiger partial charge < -0.3 is 14.4 Å². The SMILES string of the molecule is CCC(CC)c1cc(C(=O)NC2CCc3nc(C)cn3C2)on1. The van der Waals surface area contributed by atoms with E-state index in [-0.39, 0.29) is 11.9 Å². The van der Waals surface area contributed by atoms with Crippen LogP contribution >= 0.6 is 0 Å². The Morgan fingerprint density at radius 1 is 1.48 bits per heavy atom. The van der Waals surface area contributed by atoms with E-state index in [1.807, 2.05) is 13.1 Å². The van der Waals surface area contributed by atoms with Gasteiger partial charge in [0.05, 0.1) is 11.4 Å². The number of fused-ring (bicyclic) bond motifs is 1. The number of nitrogens with zero attached hydrogens (tertiary/aromatic N) is 3. The zero-order valence-electron chi connectivity index (χ0n) is 14.0. The third-order valence-electron chi connectivity index (χ3n) is 4.60. The molecule has 3 rings (SSSR count). The lowest BCUT2D eigenvalue weighted by Gasteiger charge is -2.24. The first-order valence-electron chi connectivity index (χ1n) is 8.40. The molecule has 23 heavy (non-hydrogen) atoms. The Labute approximate surface area is 136 Å². The van der Waals surface area contributed by atoms with E-state index in [0.717, 1.165) is 49.4 Å². The number of rotatable bonds is 5. The molecular weight excluding hydrogens is 292 g/mol. The van der Waals surface area contributed by atoms with Crippen molar-refractivity contribution in [2.24, 2.45) is 0 Å². The second-order valence-electron chi connectivity index (χ2n) is 6.29. The van der Waals surface area contributed by atoms with E-state index in [1.54, 1.807) is 6.07 Å². The number of aryl methyl sites for hydroxylation is 2. The fraction of sp³-hybridized carbons (Fsp3) is 0.588. The van der Waals surface area contributed by atoms with Gasteiger partial charge in [0.1, 0.15) is 5.82 Å². The van der Waals surface area contributed by atoms with Crippen LogP contribution in [0.25, 0.3) is 0 Å². The van der Waals surface area contributed by atoms with Gasteiger partial charge in [-0.3, -0.25) is 4.79 Å². The van der Waals surface area contributed by atoms with Gasteiger partial charge in [0, 0.05) is 37.2 Å². The highest BCUT2D eigenvalue weighted by atomic mass is 16.5. The van der Waals surface area contributed by atoms with E-state index in [0.29, 0.717) is 11.7 Å². The van der Waals surface area contributed by atoms with E-state index >= 15 is 0 Å². The topological polar surface area (TPSA) is 73.0 Å². The molecule has 1 unspecified atom stereocenters. The maximum atomic E-state index is 12.4. The first-order valence-corrected chi connectivity index (χ1v) is 8.40. The summed E-state index contributed by atoms with van der Waals surface area (Å²) in [7, 11) is 0. The van der Waals surface area contributed by atoms with Gasteiger partial charge in [-0.1, -0.05) is 19.0 Å². The molecule has 2 aromatic heterocycles. The molecule has 2 aromatic rings. The lowest BCUT2D eigenvalue weighted by atomic mass is 9.99. The molecule has 0 aliphatic carbocycles. The van der Waals surface area contributed by atoms with Crippen LogP contribution in [0.3, 0.4) is 0 Å². The number of hydrogen-bond donors (Lipinski definition) is 1. The van der Waals surface area contributed by atoms with Crippen molar-refractivity contribution in [3.63, 3.8) is 0 Å². The number of carbonyl (C=O) groups is 1. The number of amides is 1. The van der Waals surface area contributed by atoms with E-state index in [9.17, 15) is 4.79 Å². The van der Waals surface area contributed by atoms with Gasteiger partial charge >= 0.3 is 0 Å². The molecule has 6 nitrogen and oxygen atoms in total. The van der Waals surface area contributed by atoms with E-state index in [2.05, 4.69) is 33.9 Å². The van der Waals surface area contributed by atoms with Gasteiger partial charge in [0.15, 0.2) is 0 Å². The molecule has 0 saturated heterocycles. The van der Waals surface area contributed by atoms with Crippen LogP contribution in [0.5, 0.6) is 0 Å². The number of aromatic nitrogens is 3. The summed E-state index contributed by atoms with van der Waals surface area (Å²) in [5.41, 5.74) is 1.90. The maximum Gasteiger partial charge on any atom is 0.290 e. The third kappa shape index (κ3) is 3.30. The quantitative estimate of drug-likeness (QED) is 0.920. The monoisotopic (exact) mass is 316 g/mol. The van der Waals surface area contributed by atoms with Crippen molar-refractivity contribution in [3.05, 3.63) is 35.2 Å². The number of nitrogens with one attached hydrogen (secondary N) is 1. The predicted octanol–water partition coefficient (Wildman–Crippen LogP) is 2.83. The molecular formula is C17H24N4O2. The molecule has 1 aliphatic heterocycles. The molecule has 0 spiro atoms. The van der Waals surface area contributed by atoms with Gasteiger partial charge in [0.25, 0.3) is 5.91 Å². The maximum absolute atomic E-state index is 12.4. The van der Waals surface area contributed by atoms with Crippen LogP contribution in [0, 0.1) is 6.92 Å². The minimum Gasteiger partial charge on any atom is -0.351 e. The molecule has 0 radical (unpaired) electrons. The highest BCUT2D eigenvalue weighted by Crippen LogP contribution is 2.22. The lowest BCUT2D eigenvalue weighted by Crippen LogP contribution is -2.40. The molecule has 1 N–H and O–H groups in total. The summed E-state index contributed by atoms with van der Waals surface area (Å²) in [4.78, 5) is 16.9. The van der Waals surface area contributed by atoms with Gasteiger partial charge in [-0.25, -0.2) is 4.98 Å². The molecule has 124 valence electrons. The van der Waals surface area contributed by atoms with Crippen molar-refractivity contribution in [3.8, 4) is 0 Å². The smallest absolute Gasteiger partial charge is 0.290 e. The van der Waals surface area contributed by atoms with Crippen LogP contribution in [0.1, 0.15) is 66.8 Å². The van der Waals surface area contributed by atoms with Crippen molar-refractivity contribution < 1.29 is 9.32 Å². The lowest BCUT2D eigenvalue weighted by molar-refractivity contribution is 0.0890. The van der Waals surface area contributed by atoms with Crippen molar-refractivity contribution in [1.29, 1.82) is 0 Å². The molecule has 6 heteroatoms. The minimum atomic E-state index is -0.181. The van der Waals surface area contributed by atoms with Crippen LogP contribution in [0.4, 0.5) is 0 Å². The second-order valence-corrected chi connectivity index (χ2v) is 6.29. The number of hydrogen-bond acceptors (Lipinski definition) is 4. The Hall–Kier alpha value is -2.11. The van der Waals surface area contributed by atoms with Crippen molar-refractivity contribution in [2.75, 3.05) is 0 Å². The molecule has 0 aromatic carbocycles. The predicted molar refractivity (Wildman–Crippen MR) is 86.4 cm³/mol. The largest absolute Gasteiger partial charge is 0.351 e. The number of carbonyl (C=O) groups excluding carboxylic acids is 1. The minimum absolute atomic E-state index is 0.102. The van der Waals surface area contributed by atoms with Gasteiger partial charge in [-0.05, 0) is 26.2 Å². The Balaban J connectivity index is 1.64. The summed E-state index contributed by atoms with van der Waals surface area (Å²) in [6.07, 6.45) is 5.81. The summed E-state index contributed by atoms with van der Waals surface area (Å²) in [6.45, 7) is 6.99. The van der Waals surface area contributed by atoms with Gasteiger partial charge in [0.2, 0.25) is 5.76 Å². The fourth-order valence-corrected chi connectivity index (χ4v) is 3.26. The summed E-state index contributed by atoms with van der Waals surface area (Å²) < 4.78 is 7.37. The Kier molecular flexibility index (Phi) is 4.50. The van der Waals surface area contributed by atoms with Crippen molar-refractivity contribution in [2.45, 2.75) is 65.0 Å². The molecule has 1 aliphatic rings. The summed E-state index contributed by atoms with van der Waals surface area (Å²) in [5.74, 6) is 1.58. The van der Waals surface area contributed by atoms with E-state index in [4.69, 9.17) is 4.52 Å². The fourth-order valence-electron chi connectivity index (χ4n) is 3.26. The molecule has 3 heterocycles. The van der Waals surface area contributed by atoms with Crippen LogP contribution in [-0.4, -0.2) is 26.7 Å². The van der Waals surface area contributed by atoms with Crippen molar-refractivity contribution in [1.82, 2.24) is 20.0 Å². The summed E-state index contributed by atoms with van der Waals surface area (Å²) in [5, 5.41) is 7.11. The highest BCUT2D eigenvalue weighted by Gasteiger charge is 2.24. The van der Waals surface area contributed by atoms with Crippen LogP contribution in [-0.2, 0) is 13.0 Å². The summed E-state index contributed by atoms with van der Waals surface area (Å²) in [6, 6.07) is 1.88. The molecule has 0 bridgehead atoms. The Morgan fingerprint density at radius 3 is 3.00 bits per heavy atom. The Morgan fingerprint density at radius 2 is 2.26 bits per heavy atom. The molecule has 1 amide bonds. The zero-order valence-corrected chi connectivity index (χ0v) is 14.0. The molecule has 1 atom stereocenters. The van der Waals surface area contributed by atoms with Gasteiger partial charge in [-0.15, -0.1) is 0 Å². The number of imidazole rings is 1. The van der Waals surface area contributed by atoms with Crippen LogP contribution in [0.2, 0.25) is 0 Å². The van der Waals surface area contributed by atoms with Crippen LogP contribution in [0.15, 0.2) is 16.8 Å². The third-order valence-corrected chi connectivity index (χ3v) is 4.60. The standard InChI is InChI=1S/C17H24N4O2/c1-4-12(5-2)14-8-15(23-20-14)17(22)19-13-6-7-16-18-11(3)9-21(16)10-13/h8-9,12-13H,4-7,10H2,1-3H3,(H,19,22). The Bertz CT molecular complexity index is 685. The average molecular weight is 316 g/mol. The van der Waals surface area contributed by atoms with E-state index < -0.39 is 0 Å². The summed E-state index contributed by atoms with van der Waals surface area (Å²) >= 11 is 0. The molecule has 0 fully saturated rings. The van der Waals surface area contributed by atoms with Crippen molar-refractivity contribution >= 4 is 5.91 Å². The zero-order chi connectivity index (χ0) is 16.4. The first kappa shape index (κ1) is 15.8. The van der Waals surface area contributed by atoms with E-state index in [1.165, 1.54) is 0 Å². The second kappa shape index (κ2) is 6.56. The van der Waals surface area contributed by atoms with Gasteiger partial charge in [-0.2, -0.15) is 0 Å². The first-order chi connectivity index (χ1) is 11.1. The highest BCUT2D eigenvalue weighted by molar-refractivity contribution is 5.91. The van der Waals surface area contributed by atoms with Crippen LogP contribution < -0.4 is 5.32 Å². The molecule has 0 saturated carbocycles. The normalized spacial score (nSPS) is 17.3.